The van der Waals surface area contributed by atoms with Crippen molar-refractivity contribution in [2.24, 2.45) is 0 Å². The number of hydrogen-bond acceptors (Lipinski definition) is 2. The number of carbonyl (C=O) groups is 1. The zero-order valence-corrected chi connectivity index (χ0v) is 8.37. The molecule has 0 heterocycles. The Morgan fingerprint density at radius 3 is 2.23 bits per heavy atom. The maximum absolute atomic E-state index is 10.2. The predicted octanol–water partition coefficient (Wildman–Crippen LogP) is 2.79. The third kappa shape index (κ3) is 6.77. The van der Waals surface area contributed by atoms with Gasteiger partial charge < -0.3 is 0 Å². The van der Waals surface area contributed by atoms with Gasteiger partial charge in [-0.3, -0.25) is 4.79 Å². The van der Waals surface area contributed by atoms with Crippen LogP contribution < -0.4 is 0 Å². The lowest BCUT2D eigenvalue weighted by molar-refractivity contribution is -0.104. The SMILES string of the molecule is C=C/C(C=O)=C\C(C#N)=C/C.CC. The van der Waals surface area contributed by atoms with Crippen LogP contribution in [0.3, 0.4) is 0 Å². The molecule has 0 fully saturated rings. The minimum atomic E-state index is 0.416. The van der Waals surface area contributed by atoms with Crippen LogP contribution in [0.2, 0.25) is 0 Å². The molecule has 0 saturated carbocycles. The zero-order chi connectivity index (χ0) is 10.7. The second-order valence-electron chi connectivity index (χ2n) is 1.82. The quantitative estimate of drug-likeness (QED) is 0.288. The van der Waals surface area contributed by atoms with Crippen LogP contribution in [0.1, 0.15) is 20.8 Å². The van der Waals surface area contributed by atoms with Crippen molar-refractivity contribution in [1.29, 1.82) is 5.26 Å². The molecule has 70 valence electrons. The first-order valence-electron chi connectivity index (χ1n) is 4.14. The van der Waals surface area contributed by atoms with Crippen LogP contribution in [-0.2, 0) is 4.79 Å². The number of hydrogen-bond donors (Lipinski definition) is 0. The Labute approximate surface area is 79.9 Å². The van der Waals surface area contributed by atoms with Crippen molar-refractivity contribution in [3.8, 4) is 6.07 Å². The van der Waals surface area contributed by atoms with E-state index in [9.17, 15) is 4.79 Å². The number of allylic oxidation sites excluding steroid dienone is 5. The molecule has 0 aliphatic rings. The van der Waals surface area contributed by atoms with E-state index in [2.05, 4.69) is 6.58 Å². The molecule has 0 unspecified atom stereocenters. The zero-order valence-electron chi connectivity index (χ0n) is 8.37. The van der Waals surface area contributed by atoms with Gasteiger partial charge >= 0.3 is 0 Å². The lowest BCUT2D eigenvalue weighted by Gasteiger charge is -1.87. The summed E-state index contributed by atoms with van der Waals surface area (Å²) in [5.74, 6) is 0. The van der Waals surface area contributed by atoms with Crippen LogP contribution in [0.15, 0.2) is 36.0 Å². The summed E-state index contributed by atoms with van der Waals surface area (Å²) in [6, 6.07) is 1.93. The van der Waals surface area contributed by atoms with E-state index in [1.54, 1.807) is 13.0 Å². The lowest BCUT2D eigenvalue weighted by atomic mass is 10.2. The molecule has 0 aliphatic carbocycles. The second-order valence-corrected chi connectivity index (χ2v) is 1.82. The summed E-state index contributed by atoms with van der Waals surface area (Å²) in [6.45, 7) is 9.15. The molecular weight excluding hydrogens is 162 g/mol. The first-order chi connectivity index (χ1) is 6.28. The topological polar surface area (TPSA) is 40.9 Å². The molecule has 0 aromatic rings. The fraction of sp³-hybridized carbons (Fsp3) is 0.273. The second kappa shape index (κ2) is 10.4. The molecule has 0 amide bonds. The van der Waals surface area contributed by atoms with Gasteiger partial charge in [-0.15, -0.1) is 0 Å². The third-order valence-electron chi connectivity index (χ3n) is 1.13. The highest BCUT2D eigenvalue weighted by atomic mass is 16.1. The Balaban J connectivity index is 0. The Hall–Kier alpha value is -1.62. The fourth-order valence-corrected chi connectivity index (χ4v) is 0.501. The molecule has 0 aromatic carbocycles. The largest absolute Gasteiger partial charge is 0.298 e. The summed E-state index contributed by atoms with van der Waals surface area (Å²) in [5.41, 5.74) is 0.881. The smallest absolute Gasteiger partial charge is 0.150 e. The minimum Gasteiger partial charge on any atom is -0.298 e. The average Bonchev–Trinajstić information content (AvgIpc) is 2.23. The van der Waals surface area contributed by atoms with Crippen LogP contribution in [0.4, 0.5) is 0 Å². The molecule has 2 heteroatoms. The van der Waals surface area contributed by atoms with Gasteiger partial charge in [0, 0.05) is 11.1 Å². The Kier molecular flexibility index (Phi) is 11.1. The number of nitrogens with zero attached hydrogens (tertiary/aromatic N) is 1. The highest BCUT2D eigenvalue weighted by Crippen LogP contribution is 1.99. The van der Waals surface area contributed by atoms with Crippen molar-refractivity contribution in [2.75, 3.05) is 0 Å². The normalized spacial score (nSPS) is 10.6. The molecular formula is C11H15NO. The standard InChI is InChI=1S/C9H9NO.C2H6/c1-3-8(6-10)5-9(4-2)7-11;1-2/h3-5,7H,2H2,1H3;1-2H3/b8-3+,9-5+;. The fourth-order valence-electron chi connectivity index (χ4n) is 0.501. The van der Waals surface area contributed by atoms with Crippen molar-refractivity contribution in [1.82, 2.24) is 0 Å². The van der Waals surface area contributed by atoms with Crippen molar-refractivity contribution in [3.63, 3.8) is 0 Å². The van der Waals surface area contributed by atoms with E-state index in [0.717, 1.165) is 0 Å². The first kappa shape index (κ1) is 13.9. The maximum atomic E-state index is 10.2. The van der Waals surface area contributed by atoms with Gasteiger partial charge in [-0.2, -0.15) is 5.26 Å². The van der Waals surface area contributed by atoms with Crippen LogP contribution >= 0.6 is 0 Å². The number of nitriles is 1. The van der Waals surface area contributed by atoms with Crippen LogP contribution in [0, 0.1) is 11.3 Å². The van der Waals surface area contributed by atoms with Gasteiger partial charge in [0.1, 0.15) is 6.29 Å². The van der Waals surface area contributed by atoms with E-state index < -0.39 is 0 Å². The summed E-state index contributed by atoms with van der Waals surface area (Å²) in [4.78, 5) is 10.2. The summed E-state index contributed by atoms with van der Waals surface area (Å²) in [5, 5.41) is 8.45. The Morgan fingerprint density at radius 2 is 2.00 bits per heavy atom. The average molecular weight is 177 g/mol. The molecule has 2 nitrogen and oxygen atoms in total. The van der Waals surface area contributed by atoms with E-state index in [1.165, 1.54) is 12.2 Å². The van der Waals surface area contributed by atoms with Gasteiger partial charge in [0.25, 0.3) is 0 Å². The van der Waals surface area contributed by atoms with E-state index >= 15 is 0 Å². The number of aldehydes is 1. The molecule has 0 spiro atoms. The van der Waals surface area contributed by atoms with Crippen LogP contribution in [0.25, 0.3) is 0 Å². The molecule has 0 radical (unpaired) electrons. The van der Waals surface area contributed by atoms with Gasteiger partial charge in [-0.1, -0.05) is 32.6 Å². The molecule has 13 heavy (non-hydrogen) atoms. The summed E-state index contributed by atoms with van der Waals surface area (Å²) in [7, 11) is 0. The summed E-state index contributed by atoms with van der Waals surface area (Å²) >= 11 is 0. The van der Waals surface area contributed by atoms with Gasteiger partial charge in [0.15, 0.2) is 0 Å². The molecule has 0 N–H and O–H groups in total. The molecule has 0 bridgehead atoms. The Bertz CT molecular complexity index is 244. The highest BCUT2D eigenvalue weighted by molar-refractivity contribution is 5.78. The van der Waals surface area contributed by atoms with Crippen molar-refractivity contribution in [2.45, 2.75) is 20.8 Å². The van der Waals surface area contributed by atoms with E-state index in [4.69, 9.17) is 5.26 Å². The first-order valence-corrected chi connectivity index (χ1v) is 4.14. The van der Waals surface area contributed by atoms with E-state index in [0.29, 0.717) is 17.4 Å². The summed E-state index contributed by atoms with van der Waals surface area (Å²) < 4.78 is 0. The molecule has 0 aromatic heterocycles. The van der Waals surface area contributed by atoms with E-state index in [1.807, 2.05) is 19.9 Å². The van der Waals surface area contributed by atoms with Gasteiger partial charge in [-0.05, 0) is 13.0 Å². The van der Waals surface area contributed by atoms with Gasteiger partial charge in [0.05, 0.1) is 6.07 Å². The summed E-state index contributed by atoms with van der Waals surface area (Å²) in [6.07, 6.45) is 5.19. The third-order valence-corrected chi connectivity index (χ3v) is 1.13. The van der Waals surface area contributed by atoms with Crippen LogP contribution in [-0.4, -0.2) is 6.29 Å². The van der Waals surface area contributed by atoms with Crippen LogP contribution in [0.5, 0.6) is 0 Å². The maximum Gasteiger partial charge on any atom is 0.150 e. The Morgan fingerprint density at radius 1 is 1.46 bits per heavy atom. The molecule has 0 aliphatic heterocycles. The molecule has 0 rings (SSSR count). The lowest BCUT2D eigenvalue weighted by Crippen LogP contribution is -1.79. The van der Waals surface area contributed by atoms with Crippen molar-refractivity contribution >= 4 is 6.29 Å². The minimum absolute atomic E-state index is 0.416. The molecule has 0 saturated heterocycles. The number of carbonyl (C=O) groups excluding carboxylic acids is 1. The van der Waals surface area contributed by atoms with Gasteiger partial charge in [-0.25, -0.2) is 0 Å². The highest BCUT2D eigenvalue weighted by Gasteiger charge is 1.90. The van der Waals surface area contributed by atoms with Crippen molar-refractivity contribution < 1.29 is 4.79 Å². The number of rotatable bonds is 3. The monoisotopic (exact) mass is 177 g/mol. The van der Waals surface area contributed by atoms with Gasteiger partial charge in [0.2, 0.25) is 0 Å². The van der Waals surface area contributed by atoms with Crippen molar-refractivity contribution in [3.05, 3.63) is 36.0 Å². The predicted molar refractivity (Wildman–Crippen MR) is 55.1 cm³/mol. The molecule has 0 atom stereocenters. The van der Waals surface area contributed by atoms with E-state index in [-0.39, 0.29) is 0 Å².